The van der Waals surface area contributed by atoms with Crippen LogP contribution < -0.4 is 0 Å². The molecular weight excluding hydrogens is 134 g/mol. The van der Waals surface area contributed by atoms with E-state index in [1.54, 1.807) is 24.3 Å². The summed E-state index contributed by atoms with van der Waals surface area (Å²) in [5.74, 6) is 0. The molecule has 0 atom stereocenters. The summed E-state index contributed by atoms with van der Waals surface area (Å²) in [6.07, 6.45) is 8.63. The van der Waals surface area contributed by atoms with Crippen molar-refractivity contribution >= 4 is 5.71 Å². The second-order valence-corrected chi connectivity index (χ2v) is 1.55. The minimum absolute atomic E-state index is 0.498. The lowest BCUT2D eigenvalue weighted by Gasteiger charge is -1.80. The largest absolute Gasteiger partial charge is 0.301 e. The third kappa shape index (κ3) is 12.2. The first-order valence-electron chi connectivity index (χ1n) is 3.81. The summed E-state index contributed by atoms with van der Waals surface area (Å²) >= 11 is 0. The van der Waals surface area contributed by atoms with E-state index in [0.29, 0.717) is 5.71 Å². The molecule has 0 saturated carbocycles. The monoisotopic (exact) mass is 151 g/mol. The SMILES string of the molecule is C=C/C=C\C(=N)/C=C\C.CC. The highest BCUT2D eigenvalue weighted by Crippen LogP contribution is 1.80. The Balaban J connectivity index is 0. The summed E-state index contributed by atoms with van der Waals surface area (Å²) < 4.78 is 0. The average molecular weight is 151 g/mol. The van der Waals surface area contributed by atoms with Gasteiger partial charge in [0.1, 0.15) is 0 Å². The van der Waals surface area contributed by atoms with Gasteiger partial charge < -0.3 is 5.41 Å². The minimum atomic E-state index is 0.498. The molecule has 0 heterocycles. The first kappa shape index (κ1) is 12.6. The van der Waals surface area contributed by atoms with Gasteiger partial charge in [-0.25, -0.2) is 0 Å². The zero-order chi connectivity index (χ0) is 9.11. The summed E-state index contributed by atoms with van der Waals surface area (Å²) in [5.41, 5.74) is 0.498. The molecule has 62 valence electrons. The molecule has 1 nitrogen and oxygen atoms in total. The average Bonchev–Trinajstić information content (AvgIpc) is 2.05. The Labute approximate surface area is 69.6 Å². The maximum Gasteiger partial charge on any atom is 0.0536 e. The van der Waals surface area contributed by atoms with Gasteiger partial charge in [0.25, 0.3) is 0 Å². The van der Waals surface area contributed by atoms with E-state index >= 15 is 0 Å². The smallest absolute Gasteiger partial charge is 0.0536 e. The van der Waals surface area contributed by atoms with Gasteiger partial charge in [0, 0.05) is 0 Å². The number of rotatable bonds is 3. The van der Waals surface area contributed by atoms with E-state index in [4.69, 9.17) is 5.41 Å². The van der Waals surface area contributed by atoms with E-state index in [2.05, 4.69) is 6.58 Å². The summed E-state index contributed by atoms with van der Waals surface area (Å²) in [4.78, 5) is 0. The Morgan fingerprint density at radius 3 is 2.18 bits per heavy atom. The third-order valence-corrected chi connectivity index (χ3v) is 0.758. The van der Waals surface area contributed by atoms with Crippen LogP contribution >= 0.6 is 0 Å². The molecule has 0 aliphatic heterocycles. The van der Waals surface area contributed by atoms with Crippen LogP contribution in [0, 0.1) is 5.41 Å². The predicted molar refractivity (Wildman–Crippen MR) is 53.2 cm³/mol. The number of hydrogen-bond acceptors (Lipinski definition) is 1. The summed E-state index contributed by atoms with van der Waals surface area (Å²) in [7, 11) is 0. The molecule has 0 fully saturated rings. The fourth-order valence-electron chi connectivity index (χ4n) is 0.407. The molecular formula is C10H17N. The van der Waals surface area contributed by atoms with Gasteiger partial charge >= 0.3 is 0 Å². The Kier molecular flexibility index (Phi) is 13.3. The summed E-state index contributed by atoms with van der Waals surface area (Å²) in [6, 6.07) is 0. The van der Waals surface area contributed by atoms with Crippen LogP contribution in [0.4, 0.5) is 0 Å². The van der Waals surface area contributed by atoms with E-state index in [1.165, 1.54) is 0 Å². The fraction of sp³-hybridized carbons (Fsp3) is 0.300. The van der Waals surface area contributed by atoms with Crippen LogP contribution in [0.3, 0.4) is 0 Å². The molecule has 0 aromatic carbocycles. The zero-order valence-electron chi connectivity index (χ0n) is 7.59. The van der Waals surface area contributed by atoms with Crippen LogP contribution in [0.25, 0.3) is 0 Å². The second-order valence-electron chi connectivity index (χ2n) is 1.55. The Morgan fingerprint density at radius 1 is 1.27 bits per heavy atom. The van der Waals surface area contributed by atoms with Crippen LogP contribution in [-0.4, -0.2) is 5.71 Å². The fourth-order valence-corrected chi connectivity index (χ4v) is 0.407. The highest BCUT2D eigenvalue weighted by Gasteiger charge is 1.75. The second kappa shape index (κ2) is 11.7. The van der Waals surface area contributed by atoms with Crippen molar-refractivity contribution < 1.29 is 0 Å². The number of allylic oxidation sites excluding steroid dienone is 5. The normalized spacial score (nSPS) is 9.36. The molecule has 0 saturated heterocycles. The number of hydrogen-bond donors (Lipinski definition) is 1. The van der Waals surface area contributed by atoms with Crippen LogP contribution in [-0.2, 0) is 0 Å². The van der Waals surface area contributed by atoms with E-state index in [1.807, 2.05) is 26.8 Å². The van der Waals surface area contributed by atoms with Crippen molar-refractivity contribution in [2.45, 2.75) is 20.8 Å². The molecule has 0 aliphatic carbocycles. The van der Waals surface area contributed by atoms with Gasteiger partial charge in [-0.15, -0.1) is 0 Å². The van der Waals surface area contributed by atoms with E-state index < -0.39 is 0 Å². The van der Waals surface area contributed by atoms with Crippen molar-refractivity contribution in [3.63, 3.8) is 0 Å². The van der Waals surface area contributed by atoms with Crippen molar-refractivity contribution in [3.05, 3.63) is 37.0 Å². The van der Waals surface area contributed by atoms with Gasteiger partial charge in [-0.1, -0.05) is 38.7 Å². The maximum absolute atomic E-state index is 7.17. The lowest BCUT2D eigenvalue weighted by molar-refractivity contribution is 1.50. The molecule has 0 aliphatic rings. The van der Waals surface area contributed by atoms with Crippen molar-refractivity contribution in [2.24, 2.45) is 0 Å². The van der Waals surface area contributed by atoms with Gasteiger partial charge in [0.15, 0.2) is 0 Å². The Hall–Kier alpha value is -1.11. The third-order valence-electron chi connectivity index (χ3n) is 0.758. The van der Waals surface area contributed by atoms with Crippen LogP contribution in [0.15, 0.2) is 37.0 Å². The van der Waals surface area contributed by atoms with Gasteiger partial charge in [-0.2, -0.15) is 0 Å². The molecule has 0 rings (SSSR count). The lowest BCUT2D eigenvalue weighted by Crippen LogP contribution is -1.80. The van der Waals surface area contributed by atoms with Gasteiger partial charge in [0.2, 0.25) is 0 Å². The van der Waals surface area contributed by atoms with Crippen LogP contribution in [0.1, 0.15) is 20.8 Å². The van der Waals surface area contributed by atoms with Crippen molar-refractivity contribution in [3.8, 4) is 0 Å². The Morgan fingerprint density at radius 2 is 1.82 bits per heavy atom. The lowest BCUT2D eigenvalue weighted by atomic mass is 10.3. The molecule has 0 unspecified atom stereocenters. The van der Waals surface area contributed by atoms with Crippen LogP contribution in [0.5, 0.6) is 0 Å². The van der Waals surface area contributed by atoms with Crippen molar-refractivity contribution in [1.29, 1.82) is 5.41 Å². The molecule has 0 spiro atoms. The molecule has 1 N–H and O–H groups in total. The molecule has 0 radical (unpaired) electrons. The highest BCUT2D eigenvalue weighted by molar-refractivity contribution is 6.01. The number of nitrogens with one attached hydrogen (secondary N) is 1. The van der Waals surface area contributed by atoms with E-state index in [-0.39, 0.29) is 0 Å². The van der Waals surface area contributed by atoms with Crippen molar-refractivity contribution in [1.82, 2.24) is 0 Å². The summed E-state index contributed by atoms with van der Waals surface area (Å²) in [6.45, 7) is 9.37. The van der Waals surface area contributed by atoms with Gasteiger partial charge in [-0.05, 0) is 19.1 Å². The highest BCUT2D eigenvalue weighted by atomic mass is 14.4. The van der Waals surface area contributed by atoms with Gasteiger partial charge in [0.05, 0.1) is 5.71 Å². The van der Waals surface area contributed by atoms with Crippen molar-refractivity contribution in [2.75, 3.05) is 0 Å². The molecule has 0 aromatic heterocycles. The molecule has 11 heavy (non-hydrogen) atoms. The quantitative estimate of drug-likeness (QED) is 0.472. The molecule has 0 bridgehead atoms. The molecule has 0 aromatic rings. The maximum atomic E-state index is 7.17. The minimum Gasteiger partial charge on any atom is -0.301 e. The standard InChI is InChI=1S/C8H11N.C2H6/c1-3-5-7-8(9)6-4-2;1-2/h3-7,9H,1H2,2H3;1-2H3/b6-4-,7-5-,9-8?;. The molecule has 0 amide bonds. The zero-order valence-corrected chi connectivity index (χ0v) is 7.59. The summed E-state index contributed by atoms with van der Waals surface area (Å²) in [5, 5.41) is 7.17. The Bertz CT molecular complexity index is 152. The first-order valence-corrected chi connectivity index (χ1v) is 3.81. The van der Waals surface area contributed by atoms with Gasteiger partial charge in [-0.3, -0.25) is 0 Å². The van der Waals surface area contributed by atoms with Crippen LogP contribution in [0.2, 0.25) is 0 Å². The van der Waals surface area contributed by atoms with E-state index in [9.17, 15) is 0 Å². The van der Waals surface area contributed by atoms with E-state index in [0.717, 1.165) is 0 Å². The first-order chi connectivity index (χ1) is 5.31. The predicted octanol–water partition coefficient (Wildman–Crippen LogP) is 3.35. The molecule has 1 heteroatoms. The topological polar surface area (TPSA) is 23.9 Å².